The van der Waals surface area contributed by atoms with Crippen LogP contribution in [0.25, 0.3) is 0 Å². The van der Waals surface area contributed by atoms with Gasteiger partial charge in [-0.15, -0.1) is 24.0 Å². The Morgan fingerprint density at radius 1 is 1.38 bits per heavy atom. The third kappa shape index (κ3) is 6.33. The Balaban J connectivity index is 0.00000288. The first kappa shape index (κ1) is 22.0. The predicted molar refractivity (Wildman–Crippen MR) is 109 cm³/mol. The first-order chi connectivity index (χ1) is 10.9. The van der Waals surface area contributed by atoms with Crippen molar-refractivity contribution in [2.45, 2.75) is 44.8 Å². The second-order valence-electron chi connectivity index (χ2n) is 7.11. The van der Waals surface area contributed by atoms with E-state index in [2.05, 4.69) is 15.2 Å². The molecule has 1 aliphatic heterocycles. The van der Waals surface area contributed by atoms with Crippen LogP contribution in [-0.2, 0) is 14.6 Å². The number of aliphatic imine (C=N–C) groups is 1. The number of nitrogens with zero attached hydrogens (tertiary/aromatic N) is 2. The van der Waals surface area contributed by atoms with Crippen molar-refractivity contribution in [3.05, 3.63) is 0 Å². The van der Waals surface area contributed by atoms with Crippen LogP contribution in [0.5, 0.6) is 0 Å². The number of hydrogen-bond donors (Lipinski definition) is 1. The zero-order valence-electron chi connectivity index (χ0n) is 15.1. The molecule has 0 aromatic rings. The maximum atomic E-state index is 12.1. The molecule has 8 heteroatoms. The van der Waals surface area contributed by atoms with Gasteiger partial charge < -0.3 is 15.0 Å². The van der Waals surface area contributed by atoms with Crippen LogP contribution in [0, 0.1) is 5.92 Å². The van der Waals surface area contributed by atoms with E-state index < -0.39 is 14.6 Å². The summed E-state index contributed by atoms with van der Waals surface area (Å²) in [4.78, 5) is 6.70. The number of hydrogen-bond acceptors (Lipinski definition) is 4. The molecule has 0 aromatic carbocycles. The van der Waals surface area contributed by atoms with E-state index in [1.807, 2.05) is 6.92 Å². The number of nitrogens with one attached hydrogen (secondary N) is 1. The molecule has 142 valence electrons. The minimum Gasteiger partial charge on any atom is -0.381 e. The normalized spacial score (nSPS) is 22.8. The molecule has 2 fully saturated rings. The van der Waals surface area contributed by atoms with Crippen molar-refractivity contribution in [3.8, 4) is 0 Å². The summed E-state index contributed by atoms with van der Waals surface area (Å²) in [6.45, 7) is 9.74. The average molecular weight is 473 g/mol. The zero-order valence-corrected chi connectivity index (χ0v) is 18.2. The Morgan fingerprint density at radius 3 is 2.67 bits per heavy atom. The van der Waals surface area contributed by atoms with Crippen molar-refractivity contribution < 1.29 is 13.2 Å². The van der Waals surface area contributed by atoms with Gasteiger partial charge in [-0.3, -0.25) is 4.99 Å². The van der Waals surface area contributed by atoms with E-state index in [1.54, 1.807) is 13.8 Å². The second-order valence-corrected chi connectivity index (χ2v) is 9.85. The summed E-state index contributed by atoms with van der Waals surface area (Å²) >= 11 is 0. The molecule has 0 unspecified atom stereocenters. The van der Waals surface area contributed by atoms with E-state index in [4.69, 9.17) is 4.74 Å². The van der Waals surface area contributed by atoms with Crippen LogP contribution in [0.4, 0.5) is 0 Å². The first-order valence-corrected chi connectivity index (χ1v) is 10.3. The molecule has 0 bridgehead atoms. The lowest BCUT2D eigenvalue weighted by molar-refractivity contribution is 0.123. The third-order valence-corrected chi connectivity index (χ3v) is 6.97. The van der Waals surface area contributed by atoms with E-state index in [9.17, 15) is 8.42 Å². The highest BCUT2D eigenvalue weighted by Gasteiger charge is 2.40. The van der Waals surface area contributed by atoms with E-state index in [0.717, 1.165) is 38.1 Å². The van der Waals surface area contributed by atoms with Gasteiger partial charge >= 0.3 is 0 Å². The fourth-order valence-electron chi connectivity index (χ4n) is 2.64. The van der Waals surface area contributed by atoms with Gasteiger partial charge in [0.2, 0.25) is 0 Å². The molecule has 1 N–H and O–H groups in total. The van der Waals surface area contributed by atoms with Gasteiger partial charge in [-0.25, -0.2) is 8.42 Å². The summed E-state index contributed by atoms with van der Waals surface area (Å²) < 4.78 is 29.1. The van der Waals surface area contributed by atoms with Crippen LogP contribution in [0.15, 0.2) is 4.99 Å². The van der Waals surface area contributed by atoms with Crippen molar-refractivity contribution in [1.29, 1.82) is 0 Å². The van der Waals surface area contributed by atoms with Crippen molar-refractivity contribution >= 4 is 39.8 Å². The van der Waals surface area contributed by atoms with Crippen LogP contribution in [0.3, 0.4) is 0 Å². The van der Waals surface area contributed by atoms with E-state index in [0.29, 0.717) is 19.6 Å². The Bertz CT molecular complexity index is 519. The smallest absolute Gasteiger partial charge is 0.193 e. The van der Waals surface area contributed by atoms with Gasteiger partial charge in [0.1, 0.15) is 0 Å². The van der Waals surface area contributed by atoms with Crippen molar-refractivity contribution in [2.24, 2.45) is 10.9 Å². The second kappa shape index (κ2) is 9.56. The Morgan fingerprint density at radius 2 is 2.08 bits per heavy atom. The maximum absolute atomic E-state index is 12.1. The molecule has 1 heterocycles. The number of sulfone groups is 1. The molecule has 24 heavy (non-hydrogen) atoms. The van der Waals surface area contributed by atoms with Crippen molar-refractivity contribution in [1.82, 2.24) is 10.2 Å². The number of halogens is 1. The van der Waals surface area contributed by atoms with Gasteiger partial charge in [0.05, 0.1) is 10.5 Å². The molecular formula is C16H32IN3O3S. The molecule has 2 aliphatic rings. The summed E-state index contributed by atoms with van der Waals surface area (Å²) in [5, 5.41) is 3.28. The molecule has 1 saturated heterocycles. The van der Waals surface area contributed by atoms with Gasteiger partial charge in [0.15, 0.2) is 15.8 Å². The number of ether oxygens (including phenoxy) is 1. The molecule has 1 saturated carbocycles. The Labute approximate surface area is 163 Å². The zero-order chi connectivity index (χ0) is 16.9. The molecule has 0 atom stereocenters. The molecule has 0 amide bonds. The molecule has 0 aromatic heterocycles. The predicted octanol–water partition coefficient (Wildman–Crippen LogP) is 1.90. The molecule has 1 aliphatic carbocycles. The number of rotatable bonds is 7. The topological polar surface area (TPSA) is 71.0 Å². The lowest BCUT2D eigenvalue weighted by atomic mass is 10.2. The van der Waals surface area contributed by atoms with Crippen LogP contribution in [-0.4, -0.2) is 69.2 Å². The van der Waals surface area contributed by atoms with Crippen LogP contribution in [0.2, 0.25) is 0 Å². The van der Waals surface area contributed by atoms with Gasteiger partial charge in [-0.05, 0) is 46.0 Å². The van der Waals surface area contributed by atoms with Crippen molar-refractivity contribution in [3.63, 3.8) is 0 Å². The molecule has 2 rings (SSSR count). The minimum absolute atomic E-state index is 0. The fourth-order valence-corrected chi connectivity index (χ4v) is 4.00. The first-order valence-electron chi connectivity index (χ1n) is 8.69. The van der Waals surface area contributed by atoms with Gasteiger partial charge in [0.25, 0.3) is 0 Å². The summed E-state index contributed by atoms with van der Waals surface area (Å²) in [7, 11) is -3.02. The molecule has 6 nitrogen and oxygen atoms in total. The summed E-state index contributed by atoms with van der Waals surface area (Å²) in [6.07, 6.45) is 3.53. The molecular weight excluding hydrogens is 441 g/mol. The van der Waals surface area contributed by atoms with Crippen LogP contribution in [0.1, 0.15) is 40.0 Å². The summed E-state index contributed by atoms with van der Waals surface area (Å²) in [6, 6.07) is 0. The van der Waals surface area contributed by atoms with E-state index in [1.165, 1.54) is 12.8 Å². The quantitative estimate of drug-likeness (QED) is 0.265. The van der Waals surface area contributed by atoms with Gasteiger partial charge in [-0.2, -0.15) is 0 Å². The summed E-state index contributed by atoms with van der Waals surface area (Å²) in [5.41, 5.74) is 0. The number of guanidine groups is 1. The monoisotopic (exact) mass is 473 g/mol. The van der Waals surface area contributed by atoms with Crippen molar-refractivity contribution in [2.75, 3.05) is 45.1 Å². The fraction of sp³-hybridized carbons (Fsp3) is 0.938. The van der Waals surface area contributed by atoms with Crippen LogP contribution < -0.4 is 5.32 Å². The third-order valence-electron chi connectivity index (χ3n) is 4.44. The van der Waals surface area contributed by atoms with Crippen LogP contribution >= 0.6 is 24.0 Å². The highest BCUT2D eigenvalue weighted by atomic mass is 127. The van der Waals surface area contributed by atoms with Gasteiger partial charge in [-0.1, -0.05) is 0 Å². The minimum atomic E-state index is -3.02. The molecule has 0 spiro atoms. The highest BCUT2D eigenvalue weighted by molar-refractivity contribution is 14.0. The molecule has 0 radical (unpaired) electrons. The van der Waals surface area contributed by atoms with Gasteiger partial charge in [0, 0.05) is 39.4 Å². The van der Waals surface area contributed by atoms with E-state index in [-0.39, 0.29) is 29.7 Å². The summed E-state index contributed by atoms with van der Waals surface area (Å²) in [5.74, 6) is 1.81. The average Bonchev–Trinajstić information content (AvgIpc) is 3.29. The SMILES string of the molecule is CCNC(=NCCCOCC1CC1)N1CCS(=O)(=O)C(C)(C)C1.I. The largest absolute Gasteiger partial charge is 0.381 e. The lowest BCUT2D eigenvalue weighted by Gasteiger charge is -2.39. The standard InChI is InChI=1S/C16H31N3O3S.HI/c1-4-17-15(18-8-5-10-22-12-14-6-7-14)19-9-11-23(20,21)16(2,3)13-19;/h14H,4-13H2,1-3H3,(H,17,18);1H. The Hall–Kier alpha value is -0.0900. The highest BCUT2D eigenvalue weighted by Crippen LogP contribution is 2.28. The Kier molecular flexibility index (Phi) is 8.75. The lowest BCUT2D eigenvalue weighted by Crippen LogP contribution is -2.57. The maximum Gasteiger partial charge on any atom is 0.193 e. The van der Waals surface area contributed by atoms with E-state index >= 15 is 0 Å².